The molecule has 3 aromatic heterocycles. The summed E-state index contributed by atoms with van der Waals surface area (Å²) in [5.74, 6) is 1.18. The number of nitrogens with zero attached hydrogens (tertiary/aromatic N) is 4. The Bertz CT molecular complexity index is 1110. The van der Waals surface area contributed by atoms with Crippen LogP contribution < -0.4 is 10.5 Å². The first kappa shape index (κ1) is 26.5. The lowest BCUT2D eigenvalue weighted by atomic mass is 10.1. The largest absolute Gasteiger partial charge is 0.481 e. The molecular formula is C25H35N5O4Si. The molecule has 0 fully saturated rings. The van der Waals surface area contributed by atoms with Crippen LogP contribution in [0.2, 0.25) is 25.7 Å². The van der Waals surface area contributed by atoms with Crippen molar-refractivity contribution in [3.8, 4) is 17.1 Å². The van der Waals surface area contributed by atoms with Gasteiger partial charge in [0, 0.05) is 39.6 Å². The van der Waals surface area contributed by atoms with E-state index in [1.807, 2.05) is 35.0 Å². The molecule has 0 saturated carbocycles. The Morgan fingerprint density at radius 1 is 1.29 bits per heavy atom. The standard InChI is InChI=1S/C25H35N5O4Si/c1-32-25-19(9-8-13-27-25)22-17-30(18-33-15-16-35(2,3)4)24(28-22)20(26)10-6-5-7-11-23(31)21-12-14-34-29-21/h5-6,8-9,12-14,17,20H,7,10-11,15-16,18,26H2,1-4H3/b6-5+/t20-/m0/s1. The molecule has 0 aliphatic carbocycles. The molecule has 0 amide bonds. The van der Waals surface area contributed by atoms with E-state index >= 15 is 0 Å². The molecule has 0 saturated heterocycles. The minimum absolute atomic E-state index is 0.0474. The molecule has 3 heterocycles. The molecule has 1 atom stereocenters. The number of rotatable bonds is 14. The number of ether oxygens (including phenoxy) is 2. The number of hydrogen-bond donors (Lipinski definition) is 1. The van der Waals surface area contributed by atoms with Gasteiger partial charge in [-0.25, -0.2) is 9.97 Å². The van der Waals surface area contributed by atoms with Crippen molar-refractivity contribution in [1.29, 1.82) is 0 Å². The summed E-state index contributed by atoms with van der Waals surface area (Å²) in [5.41, 5.74) is 8.41. The van der Waals surface area contributed by atoms with Crippen molar-refractivity contribution < 1.29 is 18.8 Å². The van der Waals surface area contributed by atoms with E-state index in [1.54, 1.807) is 19.4 Å². The molecule has 0 radical (unpaired) electrons. The third-order valence-corrected chi connectivity index (χ3v) is 7.13. The maximum absolute atomic E-state index is 12.0. The fourth-order valence-electron chi connectivity index (χ4n) is 3.41. The first-order chi connectivity index (χ1) is 16.8. The Morgan fingerprint density at radius 3 is 2.83 bits per heavy atom. The molecule has 10 heteroatoms. The highest BCUT2D eigenvalue weighted by Gasteiger charge is 2.19. The normalized spacial score (nSPS) is 12.8. The van der Waals surface area contributed by atoms with Gasteiger partial charge < -0.3 is 24.3 Å². The molecule has 35 heavy (non-hydrogen) atoms. The van der Waals surface area contributed by atoms with E-state index in [0.717, 1.165) is 23.1 Å². The van der Waals surface area contributed by atoms with Gasteiger partial charge in [0.05, 0.1) is 24.4 Å². The lowest BCUT2D eigenvalue weighted by Crippen LogP contribution is -2.22. The monoisotopic (exact) mass is 497 g/mol. The zero-order valence-electron chi connectivity index (χ0n) is 20.9. The summed E-state index contributed by atoms with van der Waals surface area (Å²) in [7, 11) is 0.407. The molecule has 9 nitrogen and oxygen atoms in total. The van der Waals surface area contributed by atoms with Crippen molar-refractivity contribution in [1.82, 2.24) is 19.7 Å². The number of carbonyl (C=O) groups is 1. The van der Waals surface area contributed by atoms with E-state index in [-0.39, 0.29) is 11.8 Å². The summed E-state index contributed by atoms with van der Waals surface area (Å²) < 4.78 is 18.1. The van der Waals surface area contributed by atoms with Crippen LogP contribution in [-0.2, 0) is 11.5 Å². The van der Waals surface area contributed by atoms with Crippen LogP contribution in [0.25, 0.3) is 11.3 Å². The van der Waals surface area contributed by atoms with Gasteiger partial charge in [-0.15, -0.1) is 0 Å². The second-order valence-corrected chi connectivity index (χ2v) is 15.1. The minimum Gasteiger partial charge on any atom is -0.481 e. The van der Waals surface area contributed by atoms with Crippen molar-refractivity contribution in [3.05, 3.63) is 60.5 Å². The highest BCUT2D eigenvalue weighted by molar-refractivity contribution is 6.76. The third-order valence-electron chi connectivity index (χ3n) is 5.42. The van der Waals surface area contributed by atoms with Crippen molar-refractivity contribution in [2.45, 2.75) is 57.7 Å². The Morgan fingerprint density at radius 2 is 2.11 bits per heavy atom. The molecule has 0 spiro atoms. The van der Waals surface area contributed by atoms with Crippen LogP contribution in [0.4, 0.5) is 0 Å². The van der Waals surface area contributed by atoms with Crippen LogP contribution in [0.3, 0.4) is 0 Å². The molecule has 0 bridgehead atoms. The number of ketones is 1. The van der Waals surface area contributed by atoms with Gasteiger partial charge in [-0.05, 0) is 31.0 Å². The molecular weight excluding hydrogens is 462 g/mol. The topological polar surface area (TPSA) is 118 Å². The first-order valence-electron chi connectivity index (χ1n) is 11.8. The van der Waals surface area contributed by atoms with Crippen LogP contribution in [-0.4, -0.2) is 47.3 Å². The second-order valence-electron chi connectivity index (χ2n) is 9.52. The minimum atomic E-state index is -1.18. The predicted octanol–water partition coefficient (Wildman–Crippen LogP) is 4.86. The van der Waals surface area contributed by atoms with Gasteiger partial charge in [0.15, 0.2) is 5.78 Å². The lowest BCUT2D eigenvalue weighted by Gasteiger charge is -2.17. The van der Waals surface area contributed by atoms with E-state index in [1.165, 1.54) is 6.26 Å². The van der Waals surface area contributed by atoms with Crippen LogP contribution in [0.1, 0.15) is 41.6 Å². The summed E-state index contributed by atoms with van der Waals surface area (Å²) in [6.07, 6.45) is 10.5. The smallest absolute Gasteiger partial charge is 0.222 e. The van der Waals surface area contributed by atoms with Gasteiger partial charge in [0.2, 0.25) is 5.88 Å². The number of allylic oxidation sites excluding steroid dienone is 1. The lowest BCUT2D eigenvalue weighted by molar-refractivity contribution is 0.0843. The van der Waals surface area contributed by atoms with Gasteiger partial charge in [0.1, 0.15) is 24.5 Å². The number of pyridine rings is 1. The first-order valence-corrected chi connectivity index (χ1v) is 15.5. The van der Waals surface area contributed by atoms with E-state index < -0.39 is 8.07 Å². The molecule has 3 aromatic rings. The van der Waals surface area contributed by atoms with Gasteiger partial charge in [-0.1, -0.05) is 36.9 Å². The number of Topliss-reactive ketones (excluding diaryl/α,β-unsaturated/α-hetero) is 1. The Balaban J connectivity index is 1.67. The average Bonchev–Trinajstić information content (AvgIpc) is 3.51. The zero-order chi connectivity index (χ0) is 25.3. The molecule has 3 rings (SSSR count). The number of carbonyl (C=O) groups excluding carboxylic acids is 1. The number of aromatic nitrogens is 4. The summed E-state index contributed by atoms with van der Waals surface area (Å²) in [5, 5.41) is 3.67. The van der Waals surface area contributed by atoms with Gasteiger partial charge in [-0.2, -0.15) is 0 Å². The number of methoxy groups -OCH3 is 1. The van der Waals surface area contributed by atoms with Crippen molar-refractivity contribution in [2.75, 3.05) is 13.7 Å². The molecule has 0 unspecified atom stereocenters. The molecule has 0 aromatic carbocycles. The number of hydrogen-bond acceptors (Lipinski definition) is 8. The summed E-state index contributed by atoms with van der Waals surface area (Å²) in [6, 6.07) is 6.09. The maximum Gasteiger partial charge on any atom is 0.222 e. The van der Waals surface area contributed by atoms with E-state index in [4.69, 9.17) is 24.7 Å². The zero-order valence-corrected chi connectivity index (χ0v) is 21.9. The van der Waals surface area contributed by atoms with Crippen molar-refractivity contribution >= 4 is 13.9 Å². The Hall–Kier alpha value is -3.08. The van der Waals surface area contributed by atoms with Crippen LogP contribution in [0.15, 0.2) is 53.5 Å². The summed E-state index contributed by atoms with van der Waals surface area (Å²) >= 11 is 0. The fourth-order valence-corrected chi connectivity index (χ4v) is 4.17. The van der Waals surface area contributed by atoms with Gasteiger partial charge in [-0.3, -0.25) is 4.79 Å². The Labute approximate surface area is 207 Å². The van der Waals surface area contributed by atoms with Crippen LogP contribution >= 0.6 is 0 Å². The third kappa shape index (κ3) is 7.98. The highest BCUT2D eigenvalue weighted by Crippen LogP contribution is 2.28. The maximum atomic E-state index is 12.0. The Kier molecular flexibility index (Phi) is 9.53. The molecule has 2 N–H and O–H groups in total. The summed E-state index contributed by atoms with van der Waals surface area (Å²) in [4.78, 5) is 21.1. The molecule has 0 aliphatic rings. The van der Waals surface area contributed by atoms with Gasteiger partial charge in [0.25, 0.3) is 0 Å². The predicted molar refractivity (Wildman–Crippen MR) is 137 cm³/mol. The number of nitrogens with two attached hydrogens (primary N) is 1. The van der Waals surface area contributed by atoms with Crippen molar-refractivity contribution in [2.24, 2.45) is 5.73 Å². The number of imidazole rings is 1. The summed E-state index contributed by atoms with van der Waals surface area (Å²) in [6.45, 7) is 8.06. The SMILES string of the molecule is COc1ncccc1-c1cn(COCC[Si](C)(C)C)c([C@@H](N)C/C=C/CCC(=O)c2ccon2)n1. The van der Waals surface area contributed by atoms with Crippen molar-refractivity contribution in [3.63, 3.8) is 0 Å². The molecule has 188 valence electrons. The quantitative estimate of drug-likeness (QED) is 0.145. The van der Waals surface area contributed by atoms with E-state index in [9.17, 15) is 4.79 Å². The van der Waals surface area contributed by atoms with Crippen LogP contribution in [0.5, 0.6) is 5.88 Å². The van der Waals surface area contributed by atoms with Gasteiger partial charge >= 0.3 is 0 Å². The highest BCUT2D eigenvalue weighted by atomic mass is 28.3. The molecule has 0 aliphatic heterocycles. The second kappa shape index (κ2) is 12.6. The average molecular weight is 498 g/mol. The van der Waals surface area contributed by atoms with E-state index in [0.29, 0.717) is 44.2 Å². The van der Waals surface area contributed by atoms with E-state index in [2.05, 4.69) is 29.8 Å². The fraction of sp³-hybridized carbons (Fsp3) is 0.440. The van der Waals surface area contributed by atoms with Crippen LogP contribution in [0, 0.1) is 0 Å².